The van der Waals surface area contributed by atoms with Crippen LogP contribution in [0.4, 0.5) is 0 Å². The van der Waals surface area contributed by atoms with Gasteiger partial charge in [-0.1, -0.05) is 292 Å². The molecule has 0 bridgehead atoms. The van der Waals surface area contributed by atoms with Crippen molar-refractivity contribution in [1.82, 2.24) is 0 Å². The summed E-state index contributed by atoms with van der Waals surface area (Å²) >= 11 is 0. The summed E-state index contributed by atoms with van der Waals surface area (Å²) in [6, 6.07) is 0. The Morgan fingerprint density at radius 1 is 0.276 bits per heavy atom. The van der Waals surface area contributed by atoms with E-state index in [0.717, 1.165) is 116 Å². The molecule has 0 amide bonds. The maximum atomic E-state index is 12.9. The highest BCUT2D eigenvalue weighted by Crippen LogP contribution is 2.17. The van der Waals surface area contributed by atoms with Gasteiger partial charge >= 0.3 is 17.9 Å². The Kier molecular flexibility index (Phi) is 61.2. The zero-order chi connectivity index (χ0) is 55.0. The number of allylic oxidation sites excluding steroid dienone is 14. The van der Waals surface area contributed by atoms with Gasteiger partial charge in [0.25, 0.3) is 0 Å². The predicted molar refractivity (Wildman–Crippen MR) is 330 cm³/mol. The van der Waals surface area contributed by atoms with Gasteiger partial charge < -0.3 is 14.2 Å². The normalized spacial score (nSPS) is 12.6. The quantitative estimate of drug-likeness (QED) is 0.0261. The molecule has 0 saturated heterocycles. The summed E-state index contributed by atoms with van der Waals surface area (Å²) in [7, 11) is 0. The maximum Gasteiger partial charge on any atom is 0.306 e. The molecule has 0 N–H and O–H groups in total. The lowest BCUT2D eigenvalue weighted by atomic mass is 10.0. The second-order valence-corrected chi connectivity index (χ2v) is 21.6. The van der Waals surface area contributed by atoms with Gasteiger partial charge in [-0.3, -0.25) is 14.4 Å². The Hall–Kier alpha value is -3.41. The lowest BCUT2D eigenvalue weighted by Gasteiger charge is -2.18. The van der Waals surface area contributed by atoms with E-state index in [1.807, 2.05) is 0 Å². The molecule has 0 rings (SSSR count). The molecule has 6 heteroatoms. The summed E-state index contributed by atoms with van der Waals surface area (Å²) in [5, 5.41) is 0. The smallest absolute Gasteiger partial charge is 0.306 e. The Bertz CT molecular complexity index is 1450. The van der Waals surface area contributed by atoms with Crippen LogP contribution in [0.3, 0.4) is 0 Å². The van der Waals surface area contributed by atoms with Crippen LogP contribution in [0, 0.1) is 0 Å². The van der Waals surface area contributed by atoms with Gasteiger partial charge in [0.05, 0.1) is 0 Å². The molecule has 6 nitrogen and oxygen atoms in total. The first-order valence-corrected chi connectivity index (χ1v) is 32.6. The molecular formula is C70H122O6. The topological polar surface area (TPSA) is 78.9 Å². The predicted octanol–water partition coefficient (Wildman–Crippen LogP) is 22.3. The van der Waals surface area contributed by atoms with Gasteiger partial charge in [0.2, 0.25) is 0 Å². The molecule has 0 aliphatic carbocycles. The third-order valence-electron chi connectivity index (χ3n) is 14.1. The second kappa shape index (κ2) is 64.1. The molecular weight excluding hydrogens is 937 g/mol. The van der Waals surface area contributed by atoms with Crippen LogP contribution in [-0.2, 0) is 28.6 Å². The molecule has 1 unspecified atom stereocenters. The van der Waals surface area contributed by atoms with E-state index in [4.69, 9.17) is 14.2 Å². The summed E-state index contributed by atoms with van der Waals surface area (Å²) < 4.78 is 16.9. The van der Waals surface area contributed by atoms with E-state index < -0.39 is 6.10 Å². The summed E-state index contributed by atoms with van der Waals surface area (Å²) in [4.78, 5) is 38.3. The first kappa shape index (κ1) is 72.6. The van der Waals surface area contributed by atoms with Crippen molar-refractivity contribution in [2.45, 2.75) is 329 Å². The van der Waals surface area contributed by atoms with E-state index in [1.165, 1.54) is 167 Å². The van der Waals surface area contributed by atoms with Crippen LogP contribution in [-0.4, -0.2) is 37.2 Å². The van der Waals surface area contributed by atoms with Crippen molar-refractivity contribution < 1.29 is 28.6 Å². The van der Waals surface area contributed by atoms with Crippen LogP contribution in [0.1, 0.15) is 323 Å². The lowest BCUT2D eigenvalue weighted by molar-refractivity contribution is -0.167. The highest BCUT2D eigenvalue weighted by molar-refractivity contribution is 5.71. The zero-order valence-corrected chi connectivity index (χ0v) is 50.3. The molecule has 0 heterocycles. The maximum absolute atomic E-state index is 12.9. The van der Waals surface area contributed by atoms with Gasteiger partial charge in [0.15, 0.2) is 6.10 Å². The minimum absolute atomic E-state index is 0.0827. The third-order valence-corrected chi connectivity index (χ3v) is 14.1. The number of rotatable bonds is 59. The first-order valence-electron chi connectivity index (χ1n) is 32.6. The van der Waals surface area contributed by atoms with Gasteiger partial charge in [0.1, 0.15) is 13.2 Å². The van der Waals surface area contributed by atoms with Crippen molar-refractivity contribution in [3.05, 3.63) is 85.1 Å². The third kappa shape index (κ3) is 61.4. The van der Waals surface area contributed by atoms with E-state index in [-0.39, 0.29) is 31.1 Å². The molecule has 0 aromatic heterocycles. The first-order chi connectivity index (χ1) is 37.5. The van der Waals surface area contributed by atoms with Gasteiger partial charge in [-0.15, -0.1) is 0 Å². The number of hydrogen-bond donors (Lipinski definition) is 0. The summed E-state index contributed by atoms with van der Waals surface area (Å²) in [6.45, 7) is 6.54. The Morgan fingerprint density at radius 2 is 0.513 bits per heavy atom. The minimum atomic E-state index is -0.786. The Balaban J connectivity index is 4.37. The van der Waals surface area contributed by atoms with Crippen molar-refractivity contribution in [2.75, 3.05) is 13.2 Å². The average Bonchev–Trinajstić information content (AvgIpc) is 3.42. The van der Waals surface area contributed by atoms with Crippen molar-refractivity contribution >= 4 is 17.9 Å². The van der Waals surface area contributed by atoms with E-state index in [2.05, 4.69) is 106 Å². The highest BCUT2D eigenvalue weighted by Gasteiger charge is 2.19. The van der Waals surface area contributed by atoms with Crippen molar-refractivity contribution in [3.63, 3.8) is 0 Å². The van der Waals surface area contributed by atoms with Crippen LogP contribution >= 0.6 is 0 Å². The molecule has 0 aliphatic rings. The number of carbonyl (C=O) groups excluding carboxylic acids is 3. The molecule has 0 saturated carbocycles. The lowest BCUT2D eigenvalue weighted by Crippen LogP contribution is -2.30. The highest BCUT2D eigenvalue weighted by atomic mass is 16.6. The molecule has 0 aromatic rings. The van der Waals surface area contributed by atoms with Crippen LogP contribution in [0.15, 0.2) is 85.1 Å². The fraction of sp³-hybridized carbons (Fsp3) is 0.757. The molecule has 0 fully saturated rings. The largest absolute Gasteiger partial charge is 0.462 e. The van der Waals surface area contributed by atoms with E-state index >= 15 is 0 Å². The molecule has 438 valence electrons. The Labute approximate surface area is 471 Å². The van der Waals surface area contributed by atoms with Crippen molar-refractivity contribution in [2.24, 2.45) is 0 Å². The van der Waals surface area contributed by atoms with Crippen molar-refractivity contribution in [1.29, 1.82) is 0 Å². The minimum Gasteiger partial charge on any atom is -0.462 e. The van der Waals surface area contributed by atoms with Crippen LogP contribution in [0.25, 0.3) is 0 Å². The summed E-state index contributed by atoms with van der Waals surface area (Å²) in [5.41, 5.74) is 0. The fourth-order valence-electron chi connectivity index (χ4n) is 9.27. The number of esters is 3. The molecule has 0 aliphatic heterocycles. The summed E-state index contributed by atoms with van der Waals surface area (Å²) in [5.74, 6) is -0.890. The molecule has 0 aromatic carbocycles. The fourth-order valence-corrected chi connectivity index (χ4v) is 9.27. The molecule has 0 spiro atoms. The monoisotopic (exact) mass is 1060 g/mol. The van der Waals surface area contributed by atoms with Crippen LogP contribution < -0.4 is 0 Å². The summed E-state index contributed by atoms with van der Waals surface area (Å²) in [6.07, 6.45) is 84.4. The van der Waals surface area contributed by atoms with E-state index in [9.17, 15) is 14.4 Å². The van der Waals surface area contributed by atoms with Gasteiger partial charge in [-0.05, 0) is 96.3 Å². The average molecular weight is 1060 g/mol. The number of ether oxygens (including phenoxy) is 3. The number of unbranched alkanes of at least 4 members (excludes halogenated alkanes) is 34. The number of carbonyl (C=O) groups is 3. The second-order valence-electron chi connectivity index (χ2n) is 21.6. The molecule has 76 heavy (non-hydrogen) atoms. The van der Waals surface area contributed by atoms with Gasteiger partial charge in [0, 0.05) is 19.3 Å². The van der Waals surface area contributed by atoms with Gasteiger partial charge in [-0.25, -0.2) is 0 Å². The Morgan fingerprint density at radius 3 is 0.816 bits per heavy atom. The molecule has 1 atom stereocenters. The van der Waals surface area contributed by atoms with Crippen LogP contribution in [0.2, 0.25) is 0 Å². The van der Waals surface area contributed by atoms with E-state index in [1.54, 1.807) is 0 Å². The zero-order valence-electron chi connectivity index (χ0n) is 50.3. The number of hydrogen-bond acceptors (Lipinski definition) is 6. The standard InChI is InChI=1S/C70H122O6/c1-4-7-10-13-16-19-22-25-28-30-32-33-34-35-36-37-38-40-42-45-48-51-54-57-60-63-69(72)75-66-67(65-74-68(71)62-59-56-53-50-47-44-41-27-24-21-18-15-12-9-6-3)76-70(73)64-61-58-55-52-49-46-43-39-31-29-26-23-20-17-14-11-8-5-2/h7,10,16,19,25,27-28,32-33,35-36,38,40-41,67H,4-6,8-9,11-15,17-18,20-24,26,29-31,34,37,39,42-66H2,1-3H3/b10-7-,19-16-,28-25-,33-32-,36-35-,40-38-,41-27-. The van der Waals surface area contributed by atoms with Crippen LogP contribution in [0.5, 0.6) is 0 Å². The van der Waals surface area contributed by atoms with E-state index in [0.29, 0.717) is 19.3 Å². The van der Waals surface area contributed by atoms with Gasteiger partial charge in [-0.2, -0.15) is 0 Å². The molecule has 0 radical (unpaired) electrons. The van der Waals surface area contributed by atoms with Crippen molar-refractivity contribution in [3.8, 4) is 0 Å². The SMILES string of the molecule is CC/C=C\C/C=C\C/C=C\C/C=C\C/C=C\C/C=C\CCCCCCCCC(=O)OCC(COC(=O)CCCCCCC/C=C\CCCCCCCC)OC(=O)CCCCCCCCCCCCCCCCCCCC.